The van der Waals surface area contributed by atoms with Gasteiger partial charge in [-0.1, -0.05) is 12.1 Å². The van der Waals surface area contributed by atoms with Gasteiger partial charge in [0.25, 0.3) is 0 Å². The van der Waals surface area contributed by atoms with E-state index in [4.69, 9.17) is 9.47 Å². The summed E-state index contributed by atoms with van der Waals surface area (Å²) in [6.45, 7) is 0.787. The summed E-state index contributed by atoms with van der Waals surface area (Å²) in [5.41, 5.74) is 1.07. The normalized spacial score (nSPS) is 18.3. The summed E-state index contributed by atoms with van der Waals surface area (Å²) >= 11 is 0. The minimum atomic E-state index is -3.73. The lowest BCUT2D eigenvalue weighted by atomic mass is 9.99. The van der Waals surface area contributed by atoms with E-state index >= 15 is 0 Å². The number of benzene rings is 2. The summed E-state index contributed by atoms with van der Waals surface area (Å²) in [5.74, 6) is 0.217. The molecule has 5 nitrogen and oxygen atoms in total. The topological polar surface area (TPSA) is 55.8 Å². The second kappa shape index (κ2) is 7.01. The first-order valence-electron chi connectivity index (χ1n) is 7.93. The first kappa shape index (κ1) is 17.7. The van der Waals surface area contributed by atoms with Crippen molar-refractivity contribution in [3.63, 3.8) is 0 Å². The van der Waals surface area contributed by atoms with Crippen LogP contribution in [0.4, 0.5) is 4.39 Å². The van der Waals surface area contributed by atoms with Crippen LogP contribution in [0.1, 0.15) is 17.9 Å². The van der Waals surface area contributed by atoms with Gasteiger partial charge in [-0.2, -0.15) is 4.31 Å². The molecule has 0 saturated carbocycles. The maximum Gasteiger partial charge on any atom is 0.243 e. The molecule has 1 aliphatic heterocycles. The molecule has 0 bridgehead atoms. The Balaban J connectivity index is 1.79. The van der Waals surface area contributed by atoms with Crippen molar-refractivity contribution in [2.45, 2.75) is 17.2 Å². The second-order valence-corrected chi connectivity index (χ2v) is 7.86. The molecule has 0 spiro atoms. The molecule has 1 fully saturated rings. The molecule has 1 unspecified atom stereocenters. The third-order valence-electron chi connectivity index (χ3n) is 4.50. The van der Waals surface area contributed by atoms with E-state index in [1.54, 1.807) is 7.11 Å². The smallest absolute Gasteiger partial charge is 0.243 e. The van der Waals surface area contributed by atoms with Gasteiger partial charge in [0, 0.05) is 13.1 Å². The van der Waals surface area contributed by atoms with Gasteiger partial charge in [0.1, 0.15) is 5.75 Å². The molecule has 7 heteroatoms. The standard InChI is InChI=1S/C18H20FNO4S/c1-23-15-5-3-13(4-6-15)14-9-10-20(12-14)25(21,22)16-7-8-18(24-2)17(19)11-16/h3-8,11,14H,9-10,12H2,1-2H3. The molecule has 2 aromatic carbocycles. The van der Waals surface area contributed by atoms with E-state index in [1.807, 2.05) is 24.3 Å². The number of ether oxygens (including phenoxy) is 2. The zero-order valence-corrected chi connectivity index (χ0v) is 14.9. The summed E-state index contributed by atoms with van der Waals surface area (Å²) in [5, 5.41) is 0. The highest BCUT2D eigenvalue weighted by molar-refractivity contribution is 7.89. The van der Waals surface area contributed by atoms with Gasteiger partial charge in [0.2, 0.25) is 10.0 Å². The van der Waals surface area contributed by atoms with Crippen molar-refractivity contribution in [2.24, 2.45) is 0 Å². The number of sulfonamides is 1. The number of halogens is 1. The molecule has 0 aliphatic carbocycles. The summed E-state index contributed by atoms with van der Waals surface area (Å²) < 4.78 is 50.8. The molecule has 2 aromatic rings. The van der Waals surface area contributed by atoms with Gasteiger partial charge in [0.15, 0.2) is 11.6 Å². The van der Waals surface area contributed by atoms with Gasteiger partial charge in [0.05, 0.1) is 19.1 Å². The molecule has 3 rings (SSSR count). The van der Waals surface area contributed by atoms with Crippen LogP contribution in [0.5, 0.6) is 11.5 Å². The van der Waals surface area contributed by atoms with Crippen molar-refractivity contribution in [1.29, 1.82) is 0 Å². The van der Waals surface area contributed by atoms with Crippen LogP contribution >= 0.6 is 0 Å². The molecule has 0 radical (unpaired) electrons. The van der Waals surface area contributed by atoms with Crippen LogP contribution in [0.2, 0.25) is 0 Å². The Labute approximate surface area is 147 Å². The number of hydrogen-bond acceptors (Lipinski definition) is 4. The maximum absolute atomic E-state index is 13.9. The van der Waals surface area contributed by atoms with Crippen LogP contribution in [0.25, 0.3) is 0 Å². The monoisotopic (exact) mass is 365 g/mol. The Hall–Kier alpha value is -2.12. The Morgan fingerprint density at radius 3 is 2.40 bits per heavy atom. The highest BCUT2D eigenvalue weighted by atomic mass is 32.2. The summed E-state index contributed by atoms with van der Waals surface area (Å²) in [6, 6.07) is 11.3. The number of hydrogen-bond donors (Lipinski definition) is 0. The molecule has 0 aromatic heterocycles. The molecule has 25 heavy (non-hydrogen) atoms. The molecule has 1 heterocycles. The van der Waals surface area contributed by atoms with E-state index in [1.165, 1.54) is 23.5 Å². The molecule has 0 amide bonds. The summed E-state index contributed by atoms with van der Waals surface area (Å²) in [7, 11) is -0.783. The average molecular weight is 365 g/mol. The van der Waals surface area contributed by atoms with Crippen LogP contribution in [-0.2, 0) is 10.0 Å². The highest BCUT2D eigenvalue weighted by Crippen LogP contribution is 2.32. The lowest BCUT2D eigenvalue weighted by molar-refractivity contribution is 0.385. The van der Waals surface area contributed by atoms with Crippen molar-refractivity contribution >= 4 is 10.0 Å². The van der Waals surface area contributed by atoms with Crippen LogP contribution in [0.15, 0.2) is 47.4 Å². The van der Waals surface area contributed by atoms with E-state index < -0.39 is 15.8 Å². The van der Waals surface area contributed by atoms with Gasteiger partial charge in [-0.15, -0.1) is 0 Å². The largest absolute Gasteiger partial charge is 0.497 e. The van der Waals surface area contributed by atoms with Crippen LogP contribution in [0, 0.1) is 5.82 Å². The molecule has 1 aliphatic rings. The van der Waals surface area contributed by atoms with Gasteiger partial charge in [-0.25, -0.2) is 12.8 Å². The first-order valence-corrected chi connectivity index (χ1v) is 9.37. The SMILES string of the molecule is COc1ccc(C2CCN(S(=O)(=O)c3ccc(OC)c(F)c3)C2)cc1. The van der Waals surface area contributed by atoms with E-state index in [0.717, 1.165) is 23.8 Å². The van der Waals surface area contributed by atoms with Gasteiger partial charge >= 0.3 is 0 Å². The minimum absolute atomic E-state index is 0.0245. The van der Waals surface area contributed by atoms with E-state index in [2.05, 4.69) is 0 Å². The molecule has 1 saturated heterocycles. The predicted molar refractivity (Wildman–Crippen MR) is 92.1 cm³/mol. The first-order chi connectivity index (χ1) is 12.0. The van der Waals surface area contributed by atoms with Crippen LogP contribution in [-0.4, -0.2) is 40.0 Å². The van der Waals surface area contributed by atoms with Crippen molar-refractivity contribution in [2.75, 3.05) is 27.3 Å². The fourth-order valence-electron chi connectivity index (χ4n) is 3.05. The highest BCUT2D eigenvalue weighted by Gasteiger charge is 2.33. The van der Waals surface area contributed by atoms with Crippen molar-refractivity contribution in [3.8, 4) is 11.5 Å². The fourth-order valence-corrected chi connectivity index (χ4v) is 4.56. The van der Waals surface area contributed by atoms with E-state index in [9.17, 15) is 12.8 Å². The molecule has 134 valence electrons. The van der Waals surface area contributed by atoms with E-state index in [-0.39, 0.29) is 16.6 Å². The quantitative estimate of drug-likeness (QED) is 0.817. The Morgan fingerprint density at radius 1 is 1.08 bits per heavy atom. The van der Waals surface area contributed by atoms with Crippen molar-refractivity contribution in [3.05, 3.63) is 53.8 Å². The summed E-state index contributed by atoms with van der Waals surface area (Å²) in [6.07, 6.45) is 0.726. The second-order valence-electron chi connectivity index (χ2n) is 5.92. The van der Waals surface area contributed by atoms with Crippen LogP contribution in [0.3, 0.4) is 0 Å². The molecular weight excluding hydrogens is 345 g/mol. The van der Waals surface area contributed by atoms with Gasteiger partial charge in [-0.3, -0.25) is 0 Å². The maximum atomic E-state index is 13.9. The third-order valence-corrected chi connectivity index (χ3v) is 6.36. The number of rotatable bonds is 5. The van der Waals surface area contributed by atoms with Gasteiger partial charge in [-0.05, 0) is 48.2 Å². The van der Waals surface area contributed by atoms with Crippen LogP contribution < -0.4 is 9.47 Å². The zero-order valence-electron chi connectivity index (χ0n) is 14.1. The Bertz CT molecular complexity index is 852. The van der Waals surface area contributed by atoms with Crippen molar-refractivity contribution < 1.29 is 22.3 Å². The lowest BCUT2D eigenvalue weighted by Gasteiger charge is -2.17. The number of methoxy groups -OCH3 is 2. The Morgan fingerprint density at radius 2 is 1.80 bits per heavy atom. The van der Waals surface area contributed by atoms with Crippen molar-refractivity contribution in [1.82, 2.24) is 4.31 Å². The third kappa shape index (κ3) is 3.48. The average Bonchev–Trinajstić information content (AvgIpc) is 3.12. The molecule has 0 N–H and O–H groups in total. The zero-order chi connectivity index (χ0) is 18.0. The predicted octanol–water partition coefficient (Wildman–Crippen LogP) is 3.02. The lowest BCUT2D eigenvalue weighted by Crippen LogP contribution is -2.28. The molecule has 1 atom stereocenters. The van der Waals surface area contributed by atoms with E-state index in [0.29, 0.717) is 13.1 Å². The molecular formula is C18H20FNO4S. The van der Waals surface area contributed by atoms with Gasteiger partial charge < -0.3 is 9.47 Å². The Kier molecular flexibility index (Phi) is 4.96. The summed E-state index contributed by atoms with van der Waals surface area (Å²) in [4.78, 5) is -0.0545. The minimum Gasteiger partial charge on any atom is -0.497 e. The fraction of sp³-hybridized carbons (Fsp3) is 0.333. The number of nitrogens with zero attached hydrogens (tertiary/aromatic N) is 1.